The van der Waals surface area contributed by atoms with Crippen LogP contribution in [-0.2, 0) is 11.3 Å². The van der Waals surface area contributed by atoms with Gasteiger partial charge in [0.05, 0.1) is 0 Å². The van der Waals surface area contributed by atoms with Crippen LogP contribution >= 0.6 is 0 Å². The van der Waals surface area contributed by atoms with Gasteiger partial charge in [0.2, 0.25) is 0 Å². The molecule has 0 saturated heterocycles. The van der Waals surface area contributed by atoms with Gasteiger partial charge in [-0.25, -0.2) is 4.79 Å². The van der Waals surface area contributed by atoms with Crippen LogP contribution in [0.4, 0.5) is 0 Å². The Morgan fingerprint density at radius 2 is 2.44 bits per heavy atom. The topological polar surface area (TPSA) is 66.0 Å². The molecule has 1 aromatic rings. The van der Waals surface area contributed by atoms with Crippen molar-refractivity contribution >= 4 is 12.0 Å². The van der Waals surface area contributed by atoms with Crippen LogP contribution < -0.4 is 0 Å². The quantitative estimate of drug-likeness (QED) is 0.476. The number of nitrogens with zero attached hydrogens (tertiary/aromatic N) is 2. The molecule has 0 aromatic carbocycles. The van der Waals surface area contributed by atoms with Gasteiger partial charge in [-0.05, 0) is 31.2 Å². The van der Waals surface area contributed by atoms with Crippen LogP contribution in [0.1, 0.15) is 12.6 Å². The third-order valence-corrected chi connectivity index (χ3v) is 2.09. The number of carboxylic acids is 1. The molecule has 0 aliphatic carbocycles. The lowest BCUT2D eigenvalue weighted by Crippen LogP contribution is -1.97. The van der Waals surface area contributed by atoms with E-state index in [1.54, 1.807) is 18.2 Å². The third kappa shape index (κ3) is 2.85. The maximum Gasteiger partial charge on any atom is 0.346 e. The van der Waals surface area contributed by atoms with Gasteiger partial charge < -0.3 is 9.67 Å². The maximum atomic E-state index is 10.5. The molecule has 0 atom stereocenters. The number of hydrogen-bond donors (Lipinski definition) is 1. The van der Waals surface area contributed by atoms with Crippen LogP contribution in [0.5, 0.6) is 0 Å². The Kier molecular flexibility index (Phi) is 4.10. The minimum Gasteiger partial charge on any atom is -0.477 e. The van der Waals surface area contributed by atoms with E-state index in [4.69, 9.17) is 10.4 Å². The van der Waals surface area contributed by atoms with Crippen LogP contribution in [-0.4, -0.2) is 15.6 Å². The summed E-state index contributed by atoms with van der Waals surface area (Å²) in [6, 6.07) is 5.44. The van der Waals surface area contributed by atoms with Gasteiger partial charge in [0.1, 0.15) is 11.6 Å². The molecule has 1 heterocycles. The SMILES string of the molecule is CCn1cccc1/C=C/C=C(\C#N)C(=O)O. The molecule has 4 nitrogen and oxygen atoms in total. The van der Waals surface area contributed by atoms with Gasteiger partial charge in [-0.2, -0.15) is 5.26 Å². The van der Waals surface area contributed by atoms with Gasteiger partial charge in [0, 0.05) is 18.4 Å². The molecule has 0 aliphatic rings. The zero-order chi connectivity index (χ0) is 12.0. The first-order valence-corrected chi connectivity index (χ1v) is 4.86. The second kappa shape index (κ2) is 5.56. The van der Waals surface area contributed by atoms with E-state index in [-0.39, 0.29) is 5.57 Å². The standard InChI is InChI=1S/C12H12N2O2/c1-2-14-8-4-7-11(14)6-3-5-10(9-13)12(15)16/h3-8H,2H2,1H3,(H,15,16)/b6-3+,10-5+. The fraction of sp³-hybridized carbons (Fsp3) is 0.167. The molecule has 0 unspecified atom stereocenters. The Labute approximate surface area is 93.7 Å². The van der Waals surface area contributed by atoms with Gasteiger partial charge in [-0.15, -0.1) is 0 Å². The highest BCUT2D eigenvalue weighted by molar-refractivity contribution is 5.91. The van der Waals surface area contributed by atoms with Crippen molar-refractivity contribution in [3.63, 3.8) is 0 Å². The Bertz CT molecular complexity index is 475. The molecule has 0 spiro atoms. The second-order valence-corrected chi connectivity index (χ2v) is 3.08. The summed E-state index contributed by atoms with van der Waals surface area (Å²) >= 11 is 0. The van der Waals surface area contributed by atoms with Gasteiger partial charge >= 0.3 is 5.97 Å². The van der Waals surface area contributed by atoms with Crippen molar-refractivity contribution in [2.45, 2.75) is 13.5 Å². The van der Waals surface area contributed by atoms with Crippen molar-refractivity contribution in [2.24, 2.45) is 0 Å². The number of rotatable bonds is 4. The highest BCUT2D eigenvalue weighted by atomic mass is 16.4. The van der Waals surface area contributed by atoms with Crippen LogP contribution in [0.15, 0.2) is 36.1 Å². The van der Waals surface area contributed by atoms with Crippen molar-refractivity contribution in [2.75, 3.05) is 0 Å². The van der Waals surface area contributed by atoms with Crippen molar-refractivity contribution < 1.29 is 9.90 Å². The largest absolute Gasteiger partial charge is 0.477 e. The van der Waals surface area contributed by atoms with Crippen molar-refractivity contribution in [1.29, 1.82) is 5.26 Å². The Balaban J connectivity index is 2.83. The van der Waals surface area contributed by atoms with Crippen LogP contribution in [0, 0.1) is 11.3 Å². The Morgan fingerprint density at radius 1 is 1.69 bits per heavy atom. The number of aliphatic carboxylic acids is 1. The molecule has 1 rings (SSSR count). The lowest BCUT2D eigenvalue weighted by molar-refractivity contribution is -0.132. The molecule has 1 N–H and O–H groups in total. The average Bonchev–Trinajstić information content (AvgIpc) is 2.71. The molecule has 16 heavy (non-hydrogen) atoms. The van der Waals surface area contributed by atoms with E-state index in [0.29, 0.717) is 0 Å². The molecule has 0 fully saturated rings. The van der Waals surface area contributed by atoms with E-state index in [9.17, 15) is 4.79 Å². The smallest absolute Gasteiger partial charge is 0.346 e. The Morgan fingerprint density at radius 3 is 3.00 bits per heavy atom. The van der Waals surface area contributed by atoms with Crippen LogP contribution in [0.25, 0.3) is 6.08 Å². The molecule has 1 aromatic heterocycles. The third-order valence-electron chi connectivity index (χ3n) is 2.09. The van der Waals surface area contributed by atoms with Gasteiger partial charge in [0.15, 0.2) is 0 Å². The predicted octanol–water partition coefficient (Wildman–Crippen LogP) is 2.06. The minimum absolute atomic E-state index is 0.272. The highest BCUT2D eigenvalue weighted by Crippen LogP contribution is 2.05. The molecule has 0 bridgehead atoms. The van der Waals surface area contributed by atoms with Gasteiger partial charge in [-0.1, -0.05) is 6.08 Å². The van der Waals surface area contributed by atoms with E-state index < -0.39 is 5.97 Å². The number of carboxylic acid groups (broad SMARTS) is 1. The zero-order valence-corrected chi connectivity index (χ0v) is 8.92. The van der Waals surface area contributed by atoms with Crippen LogP contribution in [0.3, 0.4) is 0 Å². The molecule has 0 saturated carbocycles. The van der Waals surface area contributed by atoms with Crippen molar-refractivity contribution in [3.8, 4) is 6.07 Å². The number of nitriles is 1. The first-order chi connectivity index (χ1) is 7.69. The molecule has 0 aliphatic heterocycles. The number of carbonyl (C=O) groups is 1. The summed E-state index contributed by atoms with van der Waals surface area (Å²) in [5.41, 5.74) is 0.701. The summed E-state index contributed by atoms with van der Waals surface area (Å²) in [5.74, 6) is -1.21. The summed E-state index contributed by atoms with van der Waals surface area (Å²) in [6.07, 6.45) is 6.55. The van der Waals surface area contributed by atoms with E-state index in [0.717, 1.165) is 12.2 Å². The van der Waals surface area contributed by atoms with Crippen molar-refractivity contribution in [1.82, 2.24) is 4.57 Å². The first-order valence-electron chi connectivity index (χ1n) is 4.86. The number of hydrogen-bond acceptors (Lipinski definition) is 2. The van der Waals surface area contributed by atoms with E-state index in [1.165, 1.54) is 6.08 Å². The number of aromatic nitrogens is 1. The lowest BCUT2D eigenvalue weighted by Gasteiger charge is -1.99. The highest BCUT2D eigenvalue weighted by Gasteiger charge is 2.02. The molecule has 4 heteroatoms. The monoisotopic (exact) mass is 216 g/mol. The summed E-state index contributed by atoms with van der Waals surface area (Å²) in [6.45, 7) is 2.87. The molecule has 0 radical (unpaired) electrons. The van der Waals surface area contributed by atoms with Gasteiger partial charge in [0.25, 0.3) is 0 Å². The fourth-order valence-electron chi connectivity index (χ4n) is 1.27. The minimum atomic E-state index is -1.21. The molecule has 0 amide bonds. The summed E-state index contributed by atoms with van der Waals surface area (Å²) in [5, 5.41) is 17.1. The summed E-state index contributed by atoms with van der Waals surface area (Å²) < 4.78 is 2.01. The van der Waals surface area contributed by atoms with E-state index >= 15 is 0 Å². The van der Waals surface area contributed by atoms with Crippen LogP contribution in [0.2, 0.25) is 0 Å². The lowest BCUT2D eigenvalue weighted by atomic mass is 10.2. The first kappa shape index (κ1) is 11.8. The fourth-order valence-corrected chi connectivity index (χ4v) is 1.27. The molecule has 82 valence electrons. The molecular formula is C12H12N2O2. The second-order valence-electron chi connectivity index (χ2n) is 3.08. The van der Waals surface area contributed by atoms with E-state index in [1.807, 2.05) is 29.8 Å². The average molecular weight is 216 g/mol. The zero-order valence-electron chi connectivity index (χ0n) is 8.92. The van der Waals surface area contributed by atoms with Crippen molar-refractivity contribution in [3.05, 3.63) is 41.7 Å². The molecular weight excluding hydrogens is 204 g/mol. The summed E-state index contributed by atoms with van der Waals surface area (Å²) in [4.78, 5) is 10.5. The summed E-state index contributed by atoms with van der Waals surface area (Å²) in [7, 11) is 0. The predicted molar refractivity (Wildman–Crippen MR) is 60.5 cm³/mol. The normalized spacial score (nSPS) is 11.6. The number of aryl methyl sites for hydroxylation is 1. The number of allylic oxidation sites excluding steroid dienone is 2. The Hall–Kier alpha value is -2.28. The maximum absolute atomic E-state index is 10.5. The van der Waals surface area contributed by atoms with Gasteiger partial charge in [-0.3, -0.25) is 0 Å². The van der Waals surface area contributed by atoms with E-state index in [2.05, 4.69) is 0 Å².